The average molecular weight is 336 g/mol. The molecule has 3 rings (SSSR count). The van der Waals surface area contributed by atoms with Gasteiger partial charge in [0.1, 0.15) is 0 Å². The first-order valence-corrected chi connectivity index (χ1v) is 8.35. The number of fused-ring (bicyclic) bond motifs is 2. The highest BCUT2D eigenvalue weighted by Crippen LogP contribution is 2.48. The van der Waals surface area contributed by atoms with Crippen molar-refractivity contribution in [1.82, 2.24) is 0 Å². The van der Waals surface area contributed by atoms with Crippen LogP contribution in [0, 0.1) is 17.8 Å². The van der Waals surface area contributed by atoms with Gasteiger partial charge in [-0.3, -0.25) is 4.79 Å². The number of halogens is 1. The fourth-order valence-electron chi connectivity index (χ4n) is 4.09. The van der Waals surface area contributed by atoms with Crippen molar-refractivity contribution in [3.8, 4) is 0 Å². The van der Waals surface area contributed by atoms with E-state index in [0.717, 1.165) is 34.3 Å². The normalized spacial score (nSPS) is 27.9. The van der Waals surface area contributed by atoms with Crippen molar-refractivity contribution in [3.05, 3.63) is 28.2 Å². The molecule has 0 spiro atoms. The fourth-order valence-corrected chi connectivity index (χ4v) is 4.77. The van der Waals surface area contributed by atoms with Crippen LogP contribution in [-0.4, -0.2) is 19.4 Å². The van der Waals surface area contributed by atoms with Crippen LogP contribution in [0.25, 0.3) is 0 Å². The molecule has 1 aromatic carbocycles. The Morgan fingerprint density at radius 2 is 2.15 bits per heavy atom. The van der Waals surface area contributed by atoms with Gasteiger partial charge in [-0.25, -0.2) is 0 Å². The summed E-state index contributed by atoms with van der Waals surface area (Å²) in [6.45, 7) is 2.75. The summed E-state index contributed by atoms with van der Waals surface area (Å²) in [5, 5.41) is 0. The predicted molar refractivity (Wildman–Crippen MR) is 86.4 cm³/mol. The average Bonchev–Trinajstić information content (AvgIpc) is 3.00. The molecule has 3 unspecified atom stereocenters. The Kier molecular flexibility index (Phi) is 3.89. The lowest BCUT2D eigenvalue weighted by atomic mass is 9.88. The highest BCUT2D eigenvalue weighted by molar-refractivity contribution is 9.10. The van der Waals surface area contributed by atoms with E-state index < -0.39 is 0 Å². The number of hydrogen-bond donors (Lipinski definition) is 0. The maximum absolute atomic E-state index is 11.4. The van der Waals surface area contributed by atoms with Gasteiger partial charge in [-0.15, -0.1) is 0 Å². The van der Waals surface area contributed by atoms with Crippen LogP contribution in [0.3, 0.4) is 0 Å². The quantitative estimate of drug-likeness (QED) is 0.753. The van der Waals surface area contributed by atoms with Crippen molar-refractivity contribution in [1.29, 1.82) is 0 Å². The minimum Gasteiger partial charge on any atom is -0.373 e. The van der Waals surface area contributed by atoms with Crippen molar-refractivity contribution in [2.24, 2.45) is 17.8 Å². The zero-order valence-electron chi connectivity index (χ0n) is 12.2. The topological polar surface area (TPSA) is 20.3 Å². The Morgan fingerprint density at radius 1 is 1.35 bits per heavy atom. The molecule has 20 heavy (non-hydrogen) atoms. The third kappa shape index (κ3) is 2.65. The SMILES string of the molecule is CC(=O)c1ccc(N(C)CC2CC3CCC2C3)c(Br)c1. The molecule has 0 aliphatic heterocycles. The maximum Gasteiger partial charge on any atom is 0.159 e. The molecule has 0 amide bonds. The Labute approximate surface area is 129 Å². The summed E-state index contributed by atoms with van der Waals surface area (Å²) < 4.78 is 1.02. The largest absolute Gasteiger partial charge is 0.373 e. The van der Waals surface area contributed by atoms with E-state index in [-0.39, 0.29) is 5.78 Å². The lowest BCUT2D eigenvalue weighted by molar-refractivity contribution is 0.101. The minimum absolute atomic E-state index is 0.119. The van der Waals surface area contributed by atoms with E-state index in [4.69, 9.17) is 0 Å². The number of ketones is 1. The van der Waals surface area contributed by atoms with Gasteiger partial charge in [-0.1, -0.05) is 6.42 Å². The molecule has 0 heterocycles. The van der Waals surface area contributed by atoms with Gasteiger partial charge in [-0.05, 0) is 78.1 Å². The summed E-state index contributed by atoms with van der Waals surface area (Å²) >= 11 is 3.61. The van der Waals surface area contributed by atoms with Gasteiger partial charge in [0.05, 0.1) is 5.69 Å². The van der Waals surface area contributed by atoms with E-state index in [1.165, 1.54) is 31.4 Å². The number of nitrogens with zero attached hydrogens (tertiary/aromatic N) is 1. The molecular weight excluding hydrogens is 314 g/mol. The molecule has 2 nitrogen and oxygen atoms in total. The number of benzene rings is 1. The lowest BCUT2D eigenvalue weighted by Gasteiger charge is -2.29. The van der Waals surface area contributed by atoms with Gasteiger partial charge < -0.3 is 4.90 Å². The van der Waals surface area contributed by atoms with Crippen LogP contribution in [0.2, 0.25) is 0 Å². The molecule has 0 N–H and O–H groups in total. The highest BCUT2D eigenvalue weighted by atomic mass is 79.9. The number of carbonyl (C=O) groups is 1. The maximum atomic E-state index is 11.4. The zero-order chi connectivity index (χ0) is 14.3. The second kappa shape index (κ2) is 5.51. The van der Waals surface area contributed by atoms with Gasteiger partial charge in [0, 0.05) is 23.6 Å². The van der Waals surface area contributed by atoms with Gasteiger partial charge >= 0.3 is 0 Å². The van der Waals surface area contributed by atoms with Crippen LogP contribution in [-0.2, 0) is 0 Å². The lowest BCUT2D eigenvalue weighted by Crippen LogP contribution is -2.28. The van der Waals surface area contributed by atoms with Crippen LogP contribution in [0.15, 0.2) is 22.7 Å². The molecular formula is C17H22BrNO. The van der Waals surface area contributed by atoms with Crippen molar-refractivity contribution >= 4 is 27.4 Å². The first-order chi connectivity index (χ1) is 9.54. The van der Waals surface area contributed by atoms with Crippen molar-refractivity contribution < 1.29 is 4.79 Å². The first kappa shape index (κ1) is 14.1. The molecule has 0 saturated heterocycles. The first-order valence-electron chi connectivity index (χ1n) is 7.56. The monoisotopic (exact) mass is 335 g/mol. The van der Waals surface area contributed by atoms with E-state index in [0.29, 0.717) is 0 Å². The van der Waals surface area contributed by atoms with E-state index in [9.17, 15) is 4.79 Å². The zero-order valence-corrected chi connectivity index (χ0v) is 13.8. The molecule has 108 valence electrons. The fraction of sp³-hybridized carbons (Fsp3) is 0.588. The molecule has 2 fully saturated rings. The number of rotatable bonds is 4. The second-order valence-corrected chi connectivity index (χ2v) is 7.39. The van der Waals surface area contributed by atoms with Crippen LogP contribution < -0.4 is 4.90 Å². The Balaban J connectivity index is 1.71. The van der Waals surface area contributed by atoms with Crippen LogP contribution >= 0.6 is 15.9 Å². The summed E-state index contributed by atoms with van der Waals surface area (Å²) in [5.74, 6) is 2.94. The van der Waals surface area contributed by atoms with Crippen molar-refractivity contribution in [2.45, 2.75) is 32.6 Å². The third-order valence-corrected chi connectivity index (χ3v) is 5.79. The predicted octanol–water partition coefficient (Wildman–Crippen LogP) is 4.52. The Bertz CT molecular complexity index is 528. The summed E-state index contributed by atoms with van der Waals surface area (Å²) in [5.41, 5.74) is 1.96. The highest BCUT2D eigenvalue weighted by Gasteiger charge is 2.39. The molecule has 2 bridgehead atoms. The van der Waals surface area contributed by atoms with E-state index in [1.54, 1.807) is 6.92 Å². The molecule has 0 radical (unpaired) electrons. The number of anilines is 1. The molecule has 3 atom stereocenters. The van der Waals surface area contributed by atoms with E-state index >= 15 is 0 Å². The summed E-state index contributed by atoms with van der Waals surface area (Å²) in [4.78, 5) is 13.8. The van der Waals surface area contributed by atoms with E-state index in [2.05, 4.69) is 33.9 Å². The third-order valence-electron chi connectivity index (χ3n) is 5.16. The van der Waals surface area contributed by atoms with Gasteiger partial charge in [-0.2, -0.15) is 0 Å². The Morgan fingerprint density at radius 3 is 2.70 bits per heavy atom. The van der Waals surface area contributed by atoms with Crippen molar-refractivity contribution in [3.63, 3.8) is 0 Å². The van der Waals surface area contributed by atoms with Crippen molar-refractivity contribution in [2.75, 3.05) is 18.5 Å². The van der Waals surface area contributed by atoms with Gasteiger partial charge in [0.15, 0.2) is 5.78 Å². The summed E-state index contributed by atoms with van der Waals surface area (Å²) in [6, 6.07) is 5.93. The smallest absolute Gasteiger partial charge is 0.159 e. The summed E-state index contributed by atoms with van der Waals surface area (Å²) in [7, 11) is 2.17. The summed E-state index contributed by atoms with van der Waals surface area (Å²) in [6.07, 6.45) is 5.77. The molecule has 1 aromatic rings. The molecule has 0 aromatic heterocycles. The molecule has 2 aliphatic rings. The van der Waals surface area contributed by atoms with Gasteiger partial charge in [0.2, 0.25) is 0 Å². The molecule has 3 heteroatoms. The Hall–Kier alpha value is -0.830. The minimum atomic E-state index is 0.119. The number of Topliss-reactive ketones (excluding diaryl/α,β-unsaturated/α-hetero) is 1. The molecule has 2 saturated carbocycles. The van der Waals surface area contributed by atoms with Crippen LogP contribution in [0.4, 0.5) is 5.69 Å². The standard InChI is InChI=1S/C17H22BrNO/c1-11(20)13-5-6-17(16(18)9-13)19(2)10-15-8-12-3-4-14(15)7-12/h5-6,9,12,14-15H,3-4,7-8,10H2,1-2H3. The molecule has 2 aliphatic carbocycles. The number of hydrogen-bond acceptors (Lipinski definition) is 2. The van der Waals surface area contributed by atoms with E-state index in [1.807, 2.05) is 12.1 Å². The second-order valence-electron chi connectivity index (χ2n) is 6.54. The number of carbonyl (C=O) groups excluding carboxylic acids is 1. The van der Waals surface area contributed by atoms with Gasteiger partial charge in [0.25, 0.3) is 0 Å². The van der Waals surface area contributed by atoms with Crippen LogP contribution in [0.1, 0.15) is 43.0 Å². The van der Waals surface area contributed by atoms with Crippen LogP contribution in [0.5, 0.6) is 0 Å².